The lowest BCUT2D eigenvalue weighted by Crippen LogP contribution is -2.22. The molecule has 0 bridgehead atoms. The second kappa shape index (κ2) is 7.65. The topological polar surface area (TPSA) is 16.1 Å². The predicted molar refractivity (Wildman–Crippen MR) is 90.0 cm³/mol. The second-order valence-electron chi connectivity index (χ2n) is 5.61. The van der Waals surface area contributed by atoms with Crippen molar-refractivity contribution in [3.63, 3.8) is 0 Å². The summed E-state index contributed by atoms with van der Waals surface area (Å²) in [7, 11) is 0. The normalized spacial score (nSPS) is 10.9. The van der Waals surface area contributed by atoms with Gasteiger partial charge in [-0.05, 0) is 41.0 Å². The zero-order chi connectivity index (χ0) is 15.9. The average Bonchev–Trinajstić information content (AvgIpc) is 2.59. The summed E-state index contributed by atoms with van der Waals surface area (Å²) < 4.78 is 13.1. The summed E-state index contributed by atoms with van der Waals surface area (Å²) in [5.74, 6) is -0.197. The van der Waals surface area contributed by atoms with Gasteiger partial charge in [0.25, 0.3) is 0 Å². The third-order valence-corrected chi connectivity index (χ3v) is 3.72. The highest BCUT2D eigenvalue weighted by Crippen LogP contribution is 2.14. The molecule has 0 spiro atoms. The van der Waals surface area contributed by atoms with Crippen LogP contribution >= 0.6 is 0 Å². The molecule has 0 aliphatic carbocycles. The minimum Gasteiger partial charge on any atom is -0.291 e. The smallest absolute Gasteiger partial charge is 0.123 e. The number of nitrogens with zero attached hydrogens (tertiary/aromatic N) is 2. The highest BCUT2D eigenvalue weighted by atomic mass is 19.1. The Labute approximate surface area is 136 Å². The van der Waals surface area contributed by atoms with Crippen LogP contribution in [0.1, 0.15) is 16.7 Å². The molecule has 0 aliphatic rings. The lowest BCUT2D eigenvalue weighted by molar-refractivity contribution is 0.247. The molecule has 0 atom stereocenters. The molecule has 116 valence electrons. The van der Waals surface area contributed by atoms with Crippen LogP contribution < -0.4 is 0 Å². The van der Waals surface area contributed by atoms with Crippen LogP contribution in [0.4, 0.5) is 4.39 Å². The van der Waals surface area contributed by atoms with Crippen LogP contribution in [0.15, 0.2) is 79.1 Å². The van der Waals surface area contributed by atoms with Gasteiger partial charge >= 0.3 is 0 Å². The van der Waals surface area contributed by atoms with E-state index in [-0.39, 0.29) is 5.82 Å². The number of benzene rings is 2. The fraction of sp³-hybridized carbons (Fsp3) is 0.150. The molecule has 0 aliphatic heterocycles. The van der Waals surface area contributed by atoms with Crippen molar-refractivity contribution in [3.05, 3.63) is 102 Å². The van der Waals surface area contributed by atoms with E-state index in [0.717, 1.165) is 25.2 Å². The van der Waals surface area contributed by atoms with Gasteiger partial charge in [-0.15, -0.1) is 0 Å². The summed E-state index contributed by atoms with van der Waals surface area (Å²) in [6, 6.07) is 21.2. The summed E-state index contributed by atoms with van der Waals surface area (Å²) in [5, 5.41) is 0. The van der Waals surface area contributed by atoms with Crippen molar-refractivity contribution in [2.24, 2.45) is 0 Å². The average molecular weight is 306 g/mol. The highest BCUT2D eigenvalue weighted by Gasteiger charge is 2.08. The molecular weight excluding hydrogens is 287 g/mol. The lowest BCUT2D eigenvalue weighted by atomic mass is 10.1. The van der Waals surface area contributed by atoms with E-state index in [2.05, 4.69) is 34.1 Å². The van der Waals surface area contributed by atoms with Crippen molar-refractivity contribution in [2.75, 3.05) is 0 Å². The Morgan fingerprint density at radius 3 is 1.78 bits per heavy atom. The molecule has 1 aromatic heterocycles. The molecule has 1 heterocycles. The monoisotopic (exact) mass is 306 g/mol. The molecule has 0 saturated carbocycles. The Bertz CT molecular complexity index is 670. The number of aromatic nitrogens is 1. The molecule has 0 saturated heterocycles. The fourth-order valence-corrected chi connectivity index (χ4v) is 2.60. The molecule has 0 N–H and O–H groups in total. The van der Waals surface area contributed by atoms with Crippen molar-refractivity contribution in [1.82, 2.24) is 9.88 Å². The lowest BCUT2D eigenvalue weighted by Gasteiger charge is -2.23. The van der Waals surface area contributed by atoms with Crippen LogP contribution in [-0.4, -0.2) is 9.88 Å². The van der Waals surface area contributed by atoms with Crippen molar-refractivity contribution in [2.45, 2.75) is 19.6 Å². The summed E-state index contributed by atoms with van der Waals surface area (Å²) in [4.78, 5) is 6.42. The zero-order valence-corrected chi connectivity index (χ0v) is 12.9. The third kappa shape index (κ3) is 4.73. The molecule has 0 unspecified atom stereocenters. The molecule has 0 fully saturated rings. The van der Waals surface area contributed by atoms with Gasteiger partial charge in [-0.3, -0.25) is 9.88 Å². The van der Waals surface area contributed by atoms with Crippen molar-refractivity contribution < 1.29 is 4.39 Å². The first kappa shape index (κ1) is 15.4. The first-order valence-electron chi connectivity index (χ1n) is 7.69. The van der Waals surface area contributed by atoms with E-state index >= 15 is 0 Å². The maximum Gasteiger partial charge on any atom is 0.123 e. The van der Waals surface area contributed by atoms with Crippen LogP contribution in [0.5, 0.6) is 0 Å². The minimum atomic E-state index is -0.197. The number of halogens is 1. The van der Waals surface area contributed by atoms with Crippen molar-refractivity contribution in [3.8, 4) is 0 Å². The van der Waals surface area contributed by atoms with Gasteiger partial charge in [0, 0.05) is 32.0 Å². The number of pyridine rings is 1. The van der Waals surface area contributed by atoms with Crippen LogP contribution in [0.25, 0.3) is 0 Å². The van der Waals surface area contributed by atoms with E-state index in [4.69, 9.17) is 0 Å². The van der Waals surface area contributed by atoms with E-state index < -0.39 is 0 Å². The quantitative estimate of drug-likeness (QED) is 0.670. The van der Waals surface area contributed by atoms with Gasteiger partial charge in [0.1, 0.15) is 5.82 Å². The zero-order valence-electron chi connectivity index (χ0n) is 12.9. The second-order valence-corrected chi connectivity index (χ2v) is 5.61. The molecule has 0 radical (unpaired) electrons. The van der Waals surface area contributed by atoms with Crippen LogP contribution in [0.3, 0.4) is 0 Å². The molecule has 2 aromatic carbocycles. The molecule has 3 aromatic rings. The Morgan fingerprint density at radius 2 is 1.17 bits per heavy atom. The van der Waals surface area contributed by atoms with Gasteiger partial charge in [0.15, 0.2) is 0 Å². The first-order chi connectivity index (χ1) is 11.3. The molecular formula is C20H19FN2. The summed E-state index contributed by atoms with van der Waals surface area (Å²) in [6.07, 6.45) is 3.63. The molecule has 23 heavy (non-hydrogen) atoms. The van der Waals surface area contributed by atoms with E-state index in [1.807, 2.05) is 42.7 Å². The molecule has 3 heteroatoms. The number of hydrogen-bond donors (Lipinski definition) is 0. The molecule has 3 rings (SSSR count). The summed E-state index contributed by atoms with van der Waals surface area (Å²) in [5.41, 5.74) is 3.60. The van der Waals surface area contributed by atoms with Gasteiger partial charge in [0.05, 0.1) is 0 Å². The Morgan fingerprint density at radius 1 is 0.652 bits per heavy atom. The van der Waals surface area contributed by atoms with Crippen molar-refractivity contribution in [1.29, 1.82) is 0 Å². The SMILES string of the molecule is Fc1ccc(CN(Cc2ccccc2)Cc2ccncc2)cc1. The van der Waals surface area contributed by atoms with Crippen LogP contribution in [-0.2, 0) is 19.6 Å². The Kier molecular flexibility index (Phi) is 5.12. The Balaban J connectivity index is 1.76. The summed E-state index contributed by atoms with van der Waals surface area (Å²) in [6.45, 7) is 2.45. The van der Waals surface area contributed by atoms with E-state index in [9.17, 15) is 4.39 Å². The standard InChI is InChI=1S/C20H19FN2/c21-20-8-6-18(7-9-20)15-23(14-17-4-2-1-3-5-17)16-19-10-12-22-13-11-19/h1-13H,14-16H2. The first-order valence-corrected chi connectivity index (χ1v) is 7.69. The van der Waals surface area contributed by atoms with Crippen molar-refractivity contribution >= 4 is 0 Å². The Hall–Kier alpha value is -2.52. The number of rotatable bonds is 6. The third-order valence-electron chi connectivity index (χ3n) is 3.72. The largest absolute Gasteiger partial charge is 0.291 e. The highest BCUT2D eigenvalue weighted by molar-refractivity contribution is 5.19. The maximum absolute atomic E-state index is 13.1. The molecule has 0 amide bonds. The van der Waals surface area contributed by atoms with E-state index in [1.165, 1.54) is 23.3 Å². The summed E-state index contributed by atoms with van der Waals surface area (Å²) >= 11 is 0. The van der Waals surface area contributed by atoms with Gasteiger partial charge in [-0.25, -0.2) is 4.39 Å². The van der Waals surface area contributed by atoms with Gasteiger partial charge < -0.3 is 0 Å². The fourth-order valence-electron chi connectivity index (χ4n) is 2.60. The number of hydrogen-bond acceptors (Lipinski definition) is 2. The van der Waals surface area contributed by atoms with E-state index in [1.54, 1.807) is 0 Å². The van der Waals surface area contributed by atoms with E-state index in [0.29, 0.717) is 0 Å². The predicted octanol–water partition coefficient (Wildman–Crippen LogP) is 4.42. The minimum absolute atomic E-state index is 0.197. The van der Waals surface area contributed by atoms with Gasteiger partial charge in [-0.1, -0.05) is 42.5 Å². The van der Waals surface area contributed by atoms with Crippen LogP contribution in [0, 0.1) is 5.82 Å². The maximum atomic E-state index is 13.1. The van der Waals surface area contributed by atoms with Gasteiger partial charge in [0.2, 0.25) is 0 Å². The molecule has 2 nitrogen and oxygen atoms in total. The van der Waals surface area contributed by atoms with Crippen LogP contribution in [0.2, 0.25) is 0 Å². The van der Waals surface area contributed by atoms with Gasteiger partial charge in [-0.2, -0.15) is 0 Å².